The van der Waals surface area contributed by atoms with Crippen molar-refractivity contribution in [3.05, 3.63) is 36.1 Å². The molecule has 0 aliphatic heterocycles. The van der Waals surface area contributed by atoms with Crippen molar-refractivity contribution in [2.24, 2.45) is 29.6 Å². The molecule has 1 N–H and O–H groups in total. The first-order chi connectivity index (χ1) is 13.6. The first-order valence-corrected chi connectivity index (χ1v) is 10.5. The van der Waals surface area contributed by atoms with Crippen molar-refractivity contribution < 1.29 is 18.7 Å². The number of benzene rings is 1. The van der Waals surface area contributed by atoms with Gasteiger partial charge in [0.25, 0.3) is 5.91 Å². The zero-order valence-electron chi connectivity index (χ0n) is 16.2. The molecular formula is C23H27NO4. The molecule has 4 bridgehead atoms. The van der Waals surface area contributed by atoms with Crippen LogP contribution in [0.3, 0.4) is 0 Å². The molecule has 1 amide bonds. The van der Waals surface area contributed by atoms with Crippen LogP contribution in [0.2, 0.25) is 0 Å². The van der Waals surface area contributed by atoms with Gasteiger partial charge in [0.1, 0.15) is 11.3 Å². The molecule has 1 aromatic heterocycles. The lowest BCUT2D eigenvalue weighted by molar-refractivity contribution is -0.165. The molecular weight excluding hydrogens is 354 g/mol. The van der Waals surface area contributed by atoms with Gasteiger partial charge in [0, 0.05) is 5.39 Å². The van der Waals surface area contributed by atoms with Gasteiger partial charge in [-0.05, 0) is 74.8 Å². The Morgan fingerprint density at radius 2 is 1.79 bits per heavy atom. The number of rotatable bonds is 5. The van der Waals surface area contributed by atoms with E-state index < -0.39 is 0 Å². The lowest BCUT2D eigenvalue weighted by Crippen LogP contribution is -2.48. The third-order valence-electron chi connectivity index (χ3n) is 7.09. The molecule has 1 atom stereocenters. The number of hydrogen-bond donors (Lipinski definition) is 1. The van der Waals surface area contributed by atoms with Crippen LogP contribution in [0.5, 0.6) is 0 Å². The molecule has 2 aromatic rings. The SMILES string of the molecule is C[C@@H](NC(=O)COC(=O)C1C2CC3CC(C2)CC1C3)c1cc2ccccc2o1. The number of amides is 1. The summed E-state index contributed by atoms with van der Waals surface area (Å²) in [6.07, 6.45) is 6.03. The zero-order valence-corrected chi connectivity index (χ0v) is 16.2. The number of esters is 1. The minimum absolute atomic E-state index is 0.00777. The number of para-hydroxylation sites is 1. The summed E-state index contributed by atoms with van der Waals surface area (Å²) in [5.74, 6) is 2.84. The van der Waals surface area contributed by atoms with E-state index in [0.717, 1.165) is 22.8 Å². The highest BCUT2D eigenvalue weighted by Crippen LogP contribution is 2.56. The Balaban J connectivity index is 1.15. The van der Waals surface area contributed by atoms with E-state index in [1.807, 2.05) is 37.3 Å². The van der Waals surface area contributed by atoms with Crippen molar-refractivity contribution in [1.82, 2.24) is 5.32 Å². The van der Waals surface area contributed by atoms with Gasteiger partial charge in [-0.1, -0.05) is 18.2 Å². The Morgan fingerprint density at radius 3 is 2.46 bits per heavy atom. The molecule has 5 heteroatoms. The molecule has 6 rings (SSSR count). The Bertz CT molecular complexity index is 840. The van der Waals surface area contributed by atoms with Crippen LogP contribution in [0.1, 0.15) is 50.8 Å². The standard InChI is InChI=1S/C23H27NO4/c1-13(20-11-16-4-2-3-5-19(16)28-20)24-21(25)12-27-23(26)22-17-7-14-6-15(9-17)10-18(22)8-14/h2-5,11,13-15,17-18,22H,6-10,12H2,1H3,(H,24,25)/t13-,14?,15?,17?,18?,22?/m1/s1. The zero-order chi connectivity index (χ0) is 19.3. The van der Waals surface area contributed by atoms with E-state index in [4.69, 9.17) is 9.15 Å². The summed E-state index contributed by atoms with van der Waals surface area (Å²) in [6, 6.07) is 9.40. The van der Waals surface area contributed by atoms with Crippen LogP contribution in [0.15, 0.2) is 34.7 Å². The Labute approximate surface area is 164 Å². The second-order valence-electron chi connectivity index (χ2n) is 9.04. The van der Waals surface area contributed by atoms with E-state index in [2.05, 4.69) is 5.32 Å². The molecule has 0 spiro atoms. The van der Waals surface area contributed by atoms with Gasteiger partial charge in [-0.15, -0.1) is 0 Å². The van der Waals surface area contributed by atoms with Gasteiger partial charge in [-0.2, -0.15) is 0 Å². The van der Waals surface area contributed by atoms with Gasteiger partial charge in [-0.25, -0.2) is 0 Å². The van der Waals surface area contributed by atoms with Gasteiger partial charge in [0.2, 0.25) is 0 Å². The molecule has 1 aromatic carbocycles. The highest BCUT2D eigenvalue weighted by molar-refractivity contribution is 5.82. The van der Waals surface area contributed by atoms with Crippen LogP contribution < -0.4 is 5.32 Å². The van der Waals surface area contributed by atoms with E-state index in [1.165, 1.54) is 32.1 Å². The van der Waals surface area contributed by atoms with Crippen molar-refractivity contribution in [3.63, 3.8) is 0 Å². The predicted molar refractivity (Wildman–Crippen MR) is 104 cm³/mol. The summed E-state index contributed by atoms with van der Waals surface area (Å²) in [6.45, 7) is 1.65. The molecule has 0 saturated heterocycles. The number of carbonyl (C=O) groups excluding carboxylic acids is 2. The van der Waals surface area contributed by atoms with Crippen LogP contribution in [-0.4, -0.2) is 18.5 Å². The first-order valence-electron chi connectivity index (χ1n) is 10.5. The lowest BCUT2D eigenvalue weighted by Gasteiger charge is -2.53. The van der Waals surface area contributed by atoms with Crippen LogP contribution in [0, 0.1) is 29.6 Å². The van der Waals surface area contributed by atoms with E-state index in [-0.39, 0.29) is 30.4 Å². The summed E-state index contributed by atoms with van der Waals surface area (Å²) >= 11 is 0. The largest absolute Gasteiger partial charge is 0.459 e. The number of ether oxygens (including phenoxy) is 1. The van der Waals surface area contributed by atoms with E-state index in [1.54, 1.807) is 0 Å². The molecule has 4 aliphatic rings. The van der Waals surface area contributed by atoms with Crippen molar-refractivity contribution >= 4 is 22.8 Å². The fraction of sp³-hybridized carbons (Fsp3) is 0.565. The Kier molecular flexibility index (Phi) is 4.41. The molecule has 1 heterocycles. The van der Waals surface area contributed by atoms with Gasteiger partial charge in [0.15, 0.2) is 6.61 Å². The minimum atomic E-state index is -0.287. The van der Waals surface area contributed by atoms with Crippen molar-refractivity contribution in [2.45, 2.75) is 45.1 Å². The number of furan rings is 1. The summed E-state index contributed by atoms with van der Waals surface area (Å²) in [5, 5.41) is 3.88. The topological polar surface area (TPSA) is 68.5 Å². The maximum absolute atomic E-state index is 12.7. The third kappa shape index (κ3) is 3.21. The van der Waals surface area contributed by atoms with E-state index >= 15 is 0 Å². The smallest absolute Gasteiger partial charge is 0.310 e. The quantitative estimate of drug-likeness (QED) is 0.787. The second kappa shape index (κ2) is 6.94. The fourth-order valence-corrected chi connectivity index (χ4v) is 6.11. The summed E-state index contributed by atoms with van der Waals surface area (Å²) in [5.41, 5.74) is 0.798. The monoisotopic (exact) mass is 381 g/mol. The van der Waals surface area contributed by atoms with Gasteiger partial charge >= 0.3 is 5.97 Å². The van der Waals surface area contributed by atoms with Crippen molar-refractivity contribution in [2.75, 3.05) is 6.61 Å². The maximum Gasteiger partial charge on any atom is 0.310 e. The highest BCUT2D eigenvalue weighted by Gasteiger charge is 2.51. The average molecular weight is 381 g/mol. The van der Waals surface area contributed by atoms with Crippen molar-refractivity contribution in [3.8, 4) is 0 Å². The molecule has 28 heavy (non-hydrogen) atoms. The average Bonchev–Trinajstić information content (AvgIpc) is 3.10. The summed E-state index contributed by atoms with van der Waals surface area (Å²) in [7, 11) is 0. The number of fused-ring (bicyclic) bond motifs is 1. The Hall–Kier alpha value is -2.30. The van der Waals surface area contributed by atoms with Gasteiger partial charge < -0.3 is 14.5 Å². The molecule has 4 saturated carbocycles. The number of nitrogens with one attached hydrogen (secondary N) is 1. The molecule has 148 valence electrons. The van der Waals surface area contributed by atoms with Gasteiger partial charge in [0.05, 0.1) is 12.0 Å². The first kappa shape index (κ1) is 17.8. The molecule has 4 aliphatic carbocycles. The van der Waals surface area contributed by atoms with E-state index in [9.17, 15) is 9.59 Å². The lowest BCUT2D eigenvalue weighted by atomic mass is 9.52. The van der Waals surface area contributed by atoms with Crippen LogP contribution in [0.25, 0.3) is 11.0 Å². The molecule has 4 fully saturated rings. The fourth-order valence-electron chi connectivity index (χ4n) is 6.11. The van der Waals surface area contributed by atoms with Crippen LogP contribution in [-0.2, 0) is 14.3 Å². The summed E-state index contributed by atoms with van der Waals surface area (Å²) < 4.78 is 11.2. The van der Waals surface area contributed by atoms with Crippen molar-refractivity contribution in [1.29, 1.82) is 0 Å². The summed E-state index contributed by atoms with van der Waals surface area (Å²) in [4.78, 5) is 25.0. The van der Waals surface area contributed by atoms with Crippen LogP contribution in [0.4, 0.5) is 0 Å². The second-order valence-corrected chi connectivity index (χ2v) is 9.04. The van der Waals surface area contributed by atoms with Crippen LogP contribution >= 0.6 is 0 Å². The number of hydrogen-bond acceptors (Lipinski definition) is 4. The Morgan fingerprint density at radius 1 is 1.11 bits per heavy atom. The maximum atomic E-state index is 12.7. The number of carbonyl (C=O) groups is 2. The highest BCUT2D eigenvalue weighted by atomic mass is 16.5. The molecule has 0 unspecified atom stereocenters. The van der Waals surface area contributed by atoms with Gasteiger partial charge in [-0.3, -0.25) is 9.59 Å². The third-order valence-corrected chi connectivity index (χ3v) is 7.09. The molecule has 5 nitrogen and oxygen atoms in total. The molecule has 0 radical (unpaired) electrons. The predicted octanol–water partition coefficient (Wildman–Crippen LogP) is 4.23. The minimum Gasteiger partial charge on any atom is -0.459 e. The van der Waals surface area contributed by atoms with E-state index in [0.29, 0.717) is 17.6 Å². The normalized spacial score (nSPS) is 31.7.